The van der Waals surface area contributed by atoms with E-state index in [9.17, 15) is 20.0 Å². The molecule has 3 rings (SSSR count). The highest BCUT2D eigenvalue weighted by atomic mass is 32.2. The normalized spacial score (nSPS) is 11.7. The van der Waals surface area contributed by atoms with Gasteiger partial charge in [-0.15, -0.1) is 27.6 Å². The van der Waals surface area contributed by atoms with Crippen molar-refractivity contribution >= 4 is 56.5 Å². The number of aromatic hydroxyl groups is 1. The second-order valence-corrected chi connectivity index (χ2v) is 9.97. The zero-order valence-corrected chi connectivity index (χ0v) is 24.2. The second kappa shape index (κ2) is 15.5. The van der Waals surface area contributed by atoms with Gasteiger partial charge in [-0.25, -0.2) is 19.4 Å². The van der Waals surface area contributed by atoms with Gasteiger partial charge >= 0.3 is 0 Å². The van der Waals surface area contributed by atoms with E-state index in [1.54, 1.807) is 41.4 Å². The monoisotopic (exact) mass is 593 g/mol. The topological polar surface area (TPSA) is 144 Å². The summed E-state index contributed by atoms with van der Waals surface area (Å²) in [6.07, 6.45) is 6.58. The fraction of sp³-hybridized carbons (Fsp3) is 0.214. The molecular formula is C28H29FN7O3PS. The number of anilines is 1. The Balaban J connectivity index is 2.33. The Morgan fingerprint density at radius 3 is 2.80 bits per heavy atom. The summed E-state index contributed by atoms with van der Waals surface area (Å²) < 4.78 is 15.9. The number of rotatable bonds is 14. The van der Waals surface area contributed by atoms with Crippen molar-refractivity contribution in [1.29, 1.82) is 5.26 Å². The van der Waals surface area contributed by atoms with Gasteiger partial charge in [-0.1, -0.05) is 18.2 Å². The molecule has 0 aliphatic carbocycles. The lowest BCUT2D eigenvalue weighted by Crippen LogP contribution is -2.44. The fourth-order valence-corrected chi connectivity index (χ4v) is 4.92. The number of amidine groups is 1. The van der Waals surface area contributed by atoms with Gasteiger partial charge < -0.3 is 20.6 Å². The fourth-order valence-electron chi connectivity index (χ4n) is 4.04. The lowest BCUT2D eigenvalue weighted by atomic mass is 10.1. The molecule has 0 spiro atoms. The number of benzene rings is 1. The van der Waals surface area contributed by atoms with Gasteiger partial charge in [-0.05, 0) is 42.2 Å². The summed E-state index contributed by atoms with van der Waals surface area (Å²) >= 11 is 1.37. The molecule has 3 N–H and O–H groups in total. The molecule has 13 heteroatoms. The standard InChI is InChI=1S/C28H29FN7O3PS/c1-3-4-13-36(15-18(10-11-30)32-16-37)27(34-21-7-6-12-31-28(21)41-2)19-14-20(29)25(35-26(19)33-17-38)24-22(39)8-5-9-23(24)40/h3,5-9,12,14,16-18,39H,1,4,10,13,15,40H2,2H3,(H,32,37)(H,33,35,38). The van der Waals surface area contributed by atoms with Crippen LogP contribution in [0, 0.1) is 17.1 Å². The van der Waals surface area contributed by atoms with E-state index in [1.165, 1.54) is 23.9 Å². The Morgan fingerprint density at radius 2 is 2.15 bits per heavy atom. The quantitative estimate of drug-likeness (QED) is 0.0640. The predicted octanol–water partition coefficient (Wildman–Crippen LogP) is 3.76. The summed E-state index contributed by atoms with van der Waals surface area (Å²) in [7, 11) is 2.43. The average molecular weight is 594 g/mol. The van der Waals surface area contributed by atoms with Crippen LogP contribution in [0.15, 0.2) is 65.3 Å². The summed E-state index contributed by atoms with van der Waals surface area (Å²) in [6, 6.07) is 10.8. The van der Waals surface area contributed by atoms with Gasteiger partial charge in [0.1, 0.15) is 28.1 Å². The van der Waals surface area contributed by atoms with Crippen molar-refractivity contribution in [3.05, 3.63) is 66.6 Å². The van der Waals surface area contributed by atoms with Gasteiger partial charge in [0.2, 0.25) is 12.8 Å². The molecule has 2 heterocycles. The van der Waals surface area contributed by atoms with Crippen LogP contribution < -0.4 is 15.9 Å². The van der Waals surface area contributed by atoms with Crippen LogP contribution in [0.25, 0.3) is 11.3 Å². The molecular weight excluding hydrogens is 564 g/mol. The minimum absolute atomic E-state index is 0.00872. The minimum Gasteiger partial charge on any atom is -0.507 e. The summed E-state index contributed by atoms with van der Waals surface area (Å²) in [5, 5.41) is 26.1. The number of phenols is 1. The maximum Gasteiger partial charge on any atom is 0.212 e. The van der Waals surface area contributed by atoms with Crippen molar-refractivity contribution in [2.45, 2.75) is 23.9 Å². The van der Waals surface area contributed by atoms with Crippen molar-refractivity contribution in [3.8, 4) is 23.1 Å². The number of thioether (sulfide) groups is 1. The first-order valence-electron chi connectivity index (χ1n) is 12.4. The van der Waals surface area contributed by atoms with E-state index in [1.807, 2.05) is 6.26 Å². The molecule has 3 aromatic rings. The Hall–Kier alpha value is -4.33. The van der Waals surface area contributed by atoms with Crippen LogP contribution in [0.3, 0.4) is 0 Å². The van der Waals surface area contributed by atoms with E-state index >= 15 is 4.39 Å². The Morgan fingerprint density at radius 1 is 1.34 bits per heavy atom. The number of halogens is 1. The molecule has 2 atom stereocenters. The lowest BCUT2D eigenvalue weighted by molar-refractivity contribution is -0.110. The molecule has 1 aromatic carbocycles. The highest BCUT2D eigenvalue weighted by Gasteiger charge is 2.25. The van der Waals surface area contributed by atoms with Gasteiger partial charge in [0.05, 0.1) is 35.3 Å². The van der Waals surface area contributed by atoms with Crippen LogP contribution in [0.5, 0.6) is 5.75 Å². The molecule has 0 fully saturated rings. The number of carbonyl (C=O) groups excluding carboxylic acids is 2. The Labute approximate surface area is 244 Å². The molecule has 0 bridgehead atoms. The van der Waals surface area contributed by atoms with E-state index in [-0.39, 0.29) is 47.2 Å². The predicted molar refractivity (Wildman–Crippen MR) is 162 cm³/mol. The van der Waals surface area contributed by atoms with E-state index < -0.39 is 11.9 Å². The number of phenolic OH excluding ortho intramolecular Hbond substituents is 1. The number of nitriles is 1. The molecule has 0 aliphatic heterocycles. The van der Waals surface area contributed by atoms with Crippen molar-refractivity contribution in [1.82, 2.24) is 20.2 Å². The van der Waals surface area contributed by atoms with Gasteiger partial charge in [0.25, 0.3) is 0 Å². The van der Waals surface area contributed by atoms with Crippen LogP contribution >= 0.6 is 21.0 Å². The smallest absolute Gasteiger partial charge is 0.212 e. The number of hydrogen-bond donors (Lipinski definition) is 3. The number of pyridine rings is 2. The third-order valence-corrected chi connectivity index (χ3v) is 7.06. The Kier molecular flexibility index (Phi) is 11.8. The molecule has 2 amide bonds. The van der Waals surface area contributed by atoms with Gasteiger partial charge in [0, 0.05) is 19.3 Å². The number of hydrogen-bond acceptors (Lipinski definition) is 8. The van der Waals surface area contributed by atoms with Crippen LogP contribution in [-0.4, -0.2) is 64.0 Å². The van der Waals surface area contributed by atoms with E-state index in [2.05, 4.69) is 42.5 Å². The third kappa shape index (κ3) is 7.87. The largest absolute Gasteiger partial charge is 0.507 e. The number of aliphatic imine (C=N–C) groups is 1. The molecule has 41 heavy (non-hydrogen) atoms. The summed E-state index contributed by atoms with van der Waals surface area (Å²) in [5.74, 6) is -0.749. The molecule has 0 aliphatic rings. The van der Waals surface area contributed by atoms with Crippen molar-refractivity contribution in [2.24, 2.45) is 4.99 Å². The lowest BCUT2D eigenvalue weighted by Gasteiger charge is -2.30. The highest BCUT2D eigenvalue weighted by molar-refractivity contribution is 7.98. The SMILES string of the molecule is C=CCCN(CC(CC#N)NC=O)C(=Nc1cccnc1SC)c1cc(F)c(-c2c(O)cccc2P)nc1NC=O. The number of nitrogens with zero attached hydrogens (tertiary/aromatic N) is 5. The number of carbonyl (C=O) groups is 2. The number of aromatic nitrogens is 2. The maximum atomic E-state index is 15.9. The highest BCUT2D eigenvalue weighted by Crippen LogP contribution is 2.33. The van der Waals surface area contributed by atoms with E-state index in [4.69, 9.17) is 4.99 Å². The van der Waals surface area contributed by atoms with Crippen LogP contribution in [0.1, 0.15) is 18.4 Å². The van der Waals surface area contributed by atoms with Crippen LogP contribution in [0.4, 0.5) is 15.9 Å². The zero-order valence-electron chi connectivity index (χ0n) is 22.2. The molecule has 2 unspecified atom stereocenters. The van der Waals surface area contributed by atoms with Crippen LogP contribution in [-0.2, 0) is 9.59 Å². The summed E-state index contributed by atoms with van der Waals surface area (Å²) in [5.41, 5.74) is 0.599. The third-order valence-electron chi connectivity index (χ3n) is 5.88. The van der Waals surface area contributed by atoms with Gasteiger partial charge in [-0.2, -0.15) is 5.26 Å². The average Bonchev–Trinajstić information content (AvgIpc) is 2.96. The van der Waals surface area contributed by atoms with Crippen molar-refractivity contribution < 1.29 is 19.1 Å². The molecule has 2 aromatic heterocycles. The van der Waals surface area contributed by atoms with E-state index in [0.29, 0.717) is 41.8 Å². The van der Waals surface area contributed by atoms with E-state index in [0.717, 1.165) is 0 Å². The summed E-state index contributed by atoms with van der Waals surface area (Å²) in [4.78, 5) is 38.4. The Bertz CT molecular complexity index is 1460. The first kappa shape index (κ1) is 31.2. The van der Waals surface area contributed by atoms with Crippen LogP contribution in [0.2, 0.25) is 0 Å². The van der Waals surface area contributed by atoms with Gasteiger partial charge in [0.15, 0.2) is 5.82 Å². The van der Waals surface area contributed by atoms with Gasteiger partial charge in [-0.3, -0.25) is 9.59 Å². The zero-order chi connectivity index (χ0) is 29.8. The minimum atomic E-state index is -0.770. The number of nitrogens with one attached hydrogen (secondary N) is 2. The number of amides is 2. The first-order chi connectivity index (χ1) is 19.9. The van der Waals surface area contributed by atoms with Crippen molar-refractivity contribution in [2.75, 3.05) is 24.7 Å². The molecule has 0 saturated carbocycles. The molecule has 0 saturated heterocycles. The second-order valence-electron chi connectivity index (χ2n) is 8.55. The molecule has 0 radical (unpaired) electrons. The summed E-state index contributed by atoms with van der Waals surface area (Å²) in [6.45, 7) is 4.25. The molecule has 10 nitrogen and oxygen atoms in total. The maximum absolute atomic E-state index is 15.9. The molecule has 212 valence electrons. The van der Waals surface area contributed by atoms with Crippen molar-refractivity contribution in [3.63, 3.8) is 0 Å². The first-order valence-corrected chi connectivity index (χ1v) is 14.2.